The fourth-order valence-corrected chi connectivity index (χ4v) is 1.83. The number of aliphatic carboxylic acids is 1. The smallest absolute Gasteiger partial charge is 0.341 e. The molecule has 0 saturated carbocycles. The summed E-state index contributed by atoms with van der Waals surface area (Å²) in [5, 5.41) is 9.89. The zero-order valence-electron chi connectivity index (χ0n) is 7.18. The van der Waals surface area contributed by atoms with Gasteiger partial charge >= 0.3 is 5.97 Å². The number of carboxylic acids is 1. The van der Waals surface area contributed by atoms with Crippen molar-refractivity contribution >= 4 is 27.3 Å². The number of hydrogen-bond donors (Lipinski definition) is 1. The van der Waals surface area contributed by atoms with Gasteiger partial charge in [-0.3, -0.25) is 0 Å². The highest BCUT2D eigenvalue weighted by molar-refractivity contribution is 7.99. The fraction of sp³-hybridized carbons (Fsp3) is 0.286. The molecule has 1 aliphatic rings. The van der Waals surface area contributed by atoms with Gasteiger partial charge in [-0.2, -0.15) is 0 Å². The van der Waals surface area contributed by atoms with Crippen molar-refractivity contribution in [2.45, 2.75) is 0 Å². The Labute approximate surface area is 75.9 Å². The Balaban J connectivity index is 3.31. The van der Waals surface area contributed by atoms with E-state index < -0.39 is 15.7 Å². The molecule has 0 aromatic rings. The van der Waals surface area contributed by atoms with Gasteiger partial charge in [-0.1, -0.05) is 0 Å². The van der Waals surface area contributed by atoms with Crippen LogP contribution in [0.3, 0.4) is 0 Å². The summed E-state index contributed by atoms with van der Waals surface area (Å²) in [5.41, 5.74) is -0.0803. The van der Waals surface area contributed by atoms with Gasteiger partial charge in [0.25, 0.3) is 0 Å². The maximum absolute atomic E-state index is 11.4. The molecule has 0 spiro atoms. The molecule has 0 amide bonds. The van der Waals surface area contributed by atoms with E-state index in [-0.39, 0.29) is 11.3 Å². The first-order valence-corrected chi connectivity index (χ1v) is 5.36. The van der Waals surface area contributed by atoms with E-state index in [9.17, 15) is 9.00 Å². The lowest BCUT2D eigenvalue weighted by molar-refractivity contribution is -0.132. The molecule has 0 aromatic carbocycles. The van der Waals surface area contributed by atoms with E-state index in [1.54, 1.807) is 0 Å². The average Bonchev–Trinajstić information content (AvgIpc) is 2.01. The Kier molecular flexibility index (Phi) is 2.42. The molecular weight excluding hydrogens is 194 g/mol. The van der Waals surface area contributed by atoms with Crippen molar-refractivity contribution in [3.63, 3.8) is 0 Å². The molecule has 1 unspecified atom stereocenters. The van der Waals surface area contributed by atoms with Crippen LogP contribution in [-0.4, -0.2) is 40.2 Å². The number of allylic oxidation sites excluding steroid dienone is 1. The number of carboxylic acid groups (broad SMARTS) is 1. The Hall–Kier alpha value is -1.30. The number of methoxy groups -OCH3 is 1. The van der Waals surface area contributed by atoms with Gasteiger partial charge in [0.15, 0.2) is 0 Å². The van der Waals surface area contributed by atoms with E-state index in [0.29, 0.717) is 0 Å². The van der Waals surface area contributed by atoms with Crippen LogP contribution in [0, 0.1) is 0 Å². The van der Waals surface area contributed by atoms with Crippen molar-refractivity contribution in [1.29, 1.82) is 0 Å². The van der Waals surface area contributed by atoms with Crippen LogP contribution < -0.4 is 0 Å². The number of nitrogens with zero attached hydrogens (tertiary/aromatic N) is 1. The second-order valence-electron chi connectivity index (χ2n) is 2.50. The van der Waals surface area contributed by atoms with Crippen LogP contribution in [0.25, 0.3) is 0 Å². The second-order valence-corrected chi connectivity index (χ2v) is 4.67. The third kappa shape index (κ3) is 2.09. The Bertz CT molecular complexity index is 412. The summed E-state index contributed by atoms with van der Waals surface area (Å²) >= 11 is 0. The molecule has 0 radical (unpaired) electrons. The highest BCUT2D eigenvalue weighted by atomic mass is 32.2. The van der Waals surface area contributed by atoms with Crippen LogP contribution in [0.2, 0.25) is 0 Å². The Morgan fingerprint density at radius 1 is 1.69 bits per heavy atom. The van der Waals surface area contributed by atoms with Crippen molar-refractivity contribution < 1.29 is 18.8 Å². The standard InChI is InChI=1S/C7H9NO4S/c1-12-6-4-13(2,11)8-3-5(6)7(9)10/h3-4H,1-2H3,(H,9,10). The molecule has 1 heterocycles. The van der Waals surface area contributed by atoms with Crippen molar-refractivity contribution in [1.82, 2.24) is 0 Å². The molecule has 0 aromatic heterocycles. The molecule has 1 aliphatic heterocycles. The molecule has 5 nitrogen and oxygen atoms in total. The van der Waals surface area contributed by atoms with Crippen LogP contribution in [0.15, 0.2) is 15.7 Å². The maximum atomic E-state index is 11.4. The van der Waals surface area contributed by atoms with E-state index in [1.807, 2.05) is 0 Å². The zero-order chi connectivity index (χ0) is 10.1. The van der Waals surface area contributed by atoms with Crippen LogP contribution in [-0.2, 0) is 19.2 Å². The summed E-state index contributed by atoms with van der Waals surface area (Å²) in [6.07, 6.45) is 2.46. The van der Waals surface area contributed by atoms with E-state index >= 15 is 0 Å². The van der Waals surface area contributed by atoms with Gasteiger partial charge in [0.2, 0.25) is 0 Å². The lowest BCUT2D eigenvalue weighted by Crippen LogP contribution is -2.15. The monoisotopic (exact) mass is 203 g/mol. The summed E-state index contributed by atoms with van der Waals surface area (Å²) in [6, 6.07) is 0. The molecule has 0 aliphatic carbocycles. The lowest BCUT2D eigenvalue weighted by Gasteiger charge is -2.09. The first kappa shape index (κ1) is 9.79. The molecule has 0 bridgehead atoms. The van der Waals surface area contributed by atoms with Crippen LogP contribution in [0.1, 0.15) is 0 Å². The maximum Gasteiger partial charge on any atom is 0.341 e. The second kappa shape index (κ2) is 3.21. The largest absolute Gasteiger partial charge is 0.495 e. The van der Waals surface area contributed by atoms with E-state index in [0.717, 1.165) is 6.21 Å². The van der Waals surface area contributed by atoms with Crippen molar-refractivity contribution in [3.05, 3.63) is 11.3 Å². The zero-order valence-corrected chi connectivity index (χ0v) is 8.00. The highest BCUT2D eigenvalue weighted by Crippen LogP contribution is 2.09. The number of carbonyl (C=O) groups is 1. The highest BCUT2D eigenvalue weighted by Gasteiger charge is 2.17. The normalized spacial score (nSPS) is 26.9. The topological polar surface area (TPSA) is 76.0 Å². The third-order valence-electron chi connectivity index (χ3n) is 1.43. The third-order valence-corrected chi connectivity index (χ3v) is 2.61. The molecule has 1 rings (SSSR count). The van der Waals surface area contributed by atoms with Gasteiger partial charge in [-0.05, 0) is 0 Å². The Morgan fingerprint density at radius 2 is 2.31 bits per heavy atom. The summed E-state index contributed by atoms with van der Waals surface area (Å²) in [7, 11) is -1.14. The quantitative estimate of drug-likeness (QED) is 0.624. The minimum Gasteiger partial charge on any atom is -0.495 e. The van der Waals surface area contributed by atoms with Gasteiger partial charge in [-0.25, -0.2) is 13.4 Å². The van der Waals surface area contributed by atoms with E-state index in [2.05, 4.69) is 4.40 Å². The molecule has 0 fully saturated rings. The SMILES string of the molecule is COC1=C(C(=O)O)C=NS(C)(=O)=C1. The minimum absolute atomic E-state index is 0.0803. The van der Waals surface area contributed by atoms with Crippen molar-refractivity contribution in [2.24, 2.45) is 4.40 Å². The predicted molar refractivity (Wildman–Crippen MR) is 50.3 cm³/mol. The van der Waals surface area contributed by atoms with Crippen molar-refractivity contribution in [2.75, 3.05) is 13.4 Å². The van der Waals surface area contributed by atoms with Crippen LogP contribution in [0.5, 0.6) is 0 Å². The summed E-state index contributed by atoms with van der Waals surface area (Å²) in [4.78, 5) is 10.6. The molecule has 13 heavy (non-hydrogen) atoms. The minimum atomic E-state index is -2.46. The van der Waals surface area contributed by atoms with Crippen molar-refractivity contribution in [3.8, 4) is 0 Å². The first-order valence-electron chi connectivity index (χ1n) is 3.37. The van der Waals surface area contributed by atoms with Gasteiger partial charge < -0.3 is 9.84 Å². The first-order chi connectivity index (χ1) is 5.96. The fourth-order valence-electron chi connectivity index (χ4n) is 0.832. The summed E-state index contributed by atoms with van der Waals surface area (Å²) in [5.74, 6) is -1.05. The Morgan fingerprint density at radius 3 is 2.77 bits per heavy atom. The van der Waals surface area contributed by atoms with Crippen LogP contribution in [0.4, 0.5) is 0 Å². The van der Waals surface area contributed by atoms with E-state index in [4.69, 9.17) is 9.84 Å². The van der Waals surface area contributed by atoms with Gasteiger partial charge in [0.05, 0.1) is 28.4 Å². The predicted octanol–water partition coefficient (Wildman–Crippen LogP) is -0.313. The number of ether oxygens (including phenoxy) is 1. The number of hydrogen-bond acceptors (Lipinski definition) is 3. The lowest BCUT2D eigenvalue weighted by atomic mass is 10.2. The summed E-state index contributed by atoms with van der Waals surface area (Å²) < 4.78 is 19.7. The molecule has 0 saturated heterocycles. The molecule has 72 valence electrons. The van der Waals surface area contributed by atoms with Gasteiger partial charge in [0, 0.05) is 6.26 Å². The molecule has 1 N–H and O–H groups in total. The van der Waals surface area contributed by atoms with E-state index in [1.165, 1.54) is 18.7 Å². The number of rotatable bonds is 2. The molecule has 6 heteroatoms. The summed E-state index contributed by atoms with van der Waals surface area (Å²) in [6.45, 7) is 0. The average molecular weight is 203 g/mol. The molecule has 1 atom stereocenters. The van der Waals surface area contributed by atoms with Crippen LogP contribution >= 0.6 is 0 Å². The van der Waals surface area contributed by atoms with Gasteiger partial charge in [0.1, 0.15) is 11.3 Å². The molecular formula is C7H9NO4S. The van der Waals surface area contributed by atoms with Gasteiger partial charge in [-0.15, -0.1) is 0 Å².